The van der Waals surface area contributed by atoms with Crippen molar-refractivity contribution in [2.24, 2.45) is 0 Å². The molecule has 1 aromatic heterocycles. The first-order valence-electron chi connectivity index (χ1n) is 9.36. The van der Waals surface area contributed by atoms with E-state index >= 15 is 0 Å². The molecule has 0 fully saturated rings. The van der Waals surface area contributed by atoms with Crippen molar-refractivity contribution < 1.29 is 9.42 Å². The van der Waals surface area contributed by atoms with E-state index in [1.165, 1.54) is 37.5 Å². The third-order valence-corrected chi connectivity index (χ3v) is 6.42. The average Bonchev–Trinajstić information content (AvgIpc) is 2.98. The summed E-state index contributed by atoms with van der Waals surface area (Å²) in [6.07, 6.45) is 4.39. The molecule has 0 saturated heterocycles. The second-order valence-electron chi connectivity index (χ2n) is 8.09. The Bertz CT molecular complexity index is 1090. The van der Waals surface area contributed by atoms with Gasteiger partial charge >= 0.3 is 0 Å². The van der Waals surface area contributed by atoms with Crippen LogP contribution in [0.25, 0.3) is 28.2 Å². The van der Waals surface area contributed by atoms with Crippen LogP contribution in [-0.4, -0.2) is 36.2 Å². The lowest BCUT2D eigenvalue weighted by Crippen LogP contribution is -2.40. The third kappa shape index (κ3) is 2.68. The topological polar surface area (TPSA) is 32.1 Å². The summed E-state index contributed by atoms with van der Waals surface area (Å²) in [6, 6.07) is 10.9. The monoisotopic (exact) mass is 378 g/mol. The number of H-pyrrole nitrogens is 1. The Hall–Kier alpha value is -2.24. The molecular formula is C22H24N3OS+. The van der Waals surface area contributed by atoms with Gasteiger partial charge in [-0.3, -0.25) is 0 Å². The Morgan fingerprint density at radius 2 is 2.04 bits per heavy atom. The van der Waals surface area contributed by atoms with Crippen molar-refractivity contribution in [2.45, 2.75) is 35.8 Å². The smallest absolute Gasteiger partial charge is 0.243 e. The molecule has 138 valence electrons. The minimum absolute atomic E-state index is 0.280. The lowest BCUT2D eigenvalue weighted by Gasteiger charge is -2.29. The molecule has 2 aliphatic rings. The van der Waals surface area contributed by atoms with Crippen molar-refractivity contribution in [2.75, 3.05) is 20.6 Å². The van der Waals surface area contributed by atoms with Gasteiger partial charge in [0.1, 0.15) is 17.0 Å². The summed E-state index contributed by atoms with van der Waals surface area (Å²) in [7, 11) is 4.22. The summed E-state index contributed by atoms with van der Waals surface area (Å²) < 4.78 is 8.60. The standard InChI is InChI=1S/C22H23N3OS/c1-22(2)10-9-14-17(26-22)13-16-19-20(23-25(16)12-11-24(3)4)15-7-5-6-8-18(15)27-21(14)19/h5-10,13H,11-12H2,1-4H3/p+1. The Labute approximate surface area is 163 Å². The molecule has 0 saturated carbocycles. The zero-order chi connectivity index (χ0) is 18.8. The number of aromatic nitrogens is 2. The number of rotatable bonds is 3. The van der Waals surface area contributed by atoms with Crippen LogP contribution in [0.3, 0.4) is 0 Å². The molecule has 0 atom stereocenters. The highest BCUT2D eigenvalue weighted by molar-refractivity contribution is 8.00. The van der Waals surface area contributed by atoms with Crippen LogP contribution < -0.4 is 9.42 Å². The van der Waals surface area contributed by atoms with E-state index in [2.05, 4.69) is 85.1 Å². The van der Waals surface area contributed by atoms with Crippen LogP contribution in [0.2, 0.25) is 0 Å². The first-order valence-corrected chi connectivity index (χ1v) is 10.2. The number of nitrogens with zero attached hydrogens (tertiary/aromatic N) is 2. The SMILES string of the molecule is CN(C)CC[n+]1[nH]c2c3c(c4c(cc31)OC(C)(C)C=C4)Sc1ccccc1-2. The maximum atomic E-state index is 6.33. The zero-order valence-corrected chi connectivity index (χ0v) is 17.0. The largest absolute Gasteiger partial charge is 0.483 e. The van der Waals surface area contributed by atoms with Gasteiger partial charge in [-0.05, 0) is 40.1 Å². The highest BCUT2D eigenvalue weighted by Gasteiger charge is 2.33. The molecule has 0 amide bonds. The lowest BCUT2D eigenvalue weighted by molar-refractivity contribution is -0.725. The third-order valence-electron chi connectivity index (χ3n) is 5.21. The Balaban J connectivity index is 1.79. The van der Waals surface area contributed by atoms with Crippen LogP contribution in [0, 0.1) is 0 Å². The fourth-order valence-electron chi connectivity index (χ4n) is 3.84. The molecule has 1 N–H and O–H groups in total. The van der Waals surface area contributed by atoms with Crippen molar-refractivity contribution in [1.29, 1.82) is 0 Å². The van der Waals surface area contributed by atoms with Gasteiger partial charge in [-0.15, -0.1) is 4.68 Å². The fourth-order valence-corrected chi connectivity index (χ4v) is 5.07. The number of benzene rings is 2. The highest BCUT2D eigenvalue weighted by Crippen LogP contribution is 2.51. The van der Waals surface area contributed by atoms with Gasteiger partial charge in [-0.2, -0.15) is 5.10 Å². The minimum atomic E-state index is -0.280. The van der Waals surface area contributed by atoms with Gasteiger partial charge in [0.15, 0.2) is 6.54 Å². The molecule has 0 spiro atoms. The zero-order valence-electron chi connectivity index (χ0n) is 16.2. The Morgan fingerprint density at radius 1 is 1.22 bits per heavy atom. The van der Waals surface area contributed by atoms with E-state index < -0.39 is 0 Å². The van der Waals surface area contributed by atoms with Gasteiger partial charge in [0.25, 0.3) is 0 Å². The van der Waals surface area contributed by atoms with Gasteiger partial charge in [-0.25, -0.2) is 0 Å². The van der Waals surface area contributed by atoms with E-state index in [4.69, 9.17) is 4.74 Å². The van der Waals surface area contributed by atoms with Crippen molar-refractivity contribution in [3.8, 4) is 17.0 Å². The number of aromatic amines is 1. The van der Waals surface area contributed by atoms with E-state index in [-0.39, 0.29) is 5.60 Å². The molecule has 4 nitrogen and oxygen atoms in total. The molecule has 5 rings (SSSR count). The van der Waals surface area contributed by atoms with Crippen LogP contribution in [0.5, 0.6) is 5.75 Å². The predicted molar refractivity (Wildman–Crippen MR) is 110 cm³/mol. The number of fused-ring (bicyclic) bond motifs is 4. The second-order valence-corrected chi connectivity index (χ2v) is 9.14. The van der Waals surface area contributed by atoms with E-state index in [0.29, 0.717) is 0 Å². The molecule has 0 unspecified atom stereocenters. The van der Waals surface area contributed by atoms with Crippen molar-refractivity contribution in [1.82, 2.24) is 10.00 Å². The van der Waals surface area contributed by atoms with Gasteiger partial charge in [-0.1, -0.05) is 36.0 Å². The normalized spacial score (nSPS) is 16.3. The predicted octanol–water partition coefficient (Wildman–Crippen LogP) is 4.33. The van der Waals surface area contributed by atoms with E-state index in [1.807, 2.05) is 11.8 Å². The van der Waals surface area contributed by atoms with Crippen LogP contribution in [0.4, 0.5) is 0 Å². The fraction of sp³-hybridized carbons (Fsp3) is 0.318. The molecular weight excluding hydrogens is 354 g/mol. The van der Waals surface area contributed by atoms with Crippen molar-refractivity contribution >= 4 is 28.7 Å². The van der Waals surface area contributed by atoms with Gasteiger partial charge < -0.3 is 9.64 Å². The summed E-state index contributed by atoms with van der Waals surface area (Å²) in [5, 5.41) is 4.99. The van der Waals surface area contributed by atoms with E-state index in [1.54, 1.807) is 0 Å². The van der Waals surface area contributed by atoms with Crippen molar-refractivity contribution in [3.63, 3.8) is 0 Å². The van der Waals surface area contributed by atoms with Crippen LogP contribution in [0.1, 0.15) is 19.4 Å². The van der Waals surface area contributed by atoms with Crippen LogP contribution in [0.15, 0.2) is 46.2 Å². The molecule has 0 radical (unpaired) electrons. The summed E-state index contributed by atoms with van der Waals surface area (Å²) in [6.45, 7) is 6.10. The molecule has 3 aromatic rings. The number of hydrogen-bond acceptors (Lipinski definition) is 3. The Morgan fingerprint density at radius 3 is 2.85 bits per heavy atom. The Kier molecular flexibility index (Phi) is 3.68. The lowest BCUT2D eigenvalue weighted by atomic mass is 9.99. The maximum absolute atomic E-state index is 6.33. The van der Waals surface area contributed by atoms with E-state index in [0.717, 1.165) is 18.8 Å². The summed E-state index contributed by atoms with van der Waals surface area (Å²) >= 11 is 1.85. The molecule has 2 aromatic carbocycles. The second kappa shape index (κ2) is 5.88. The summed E-state index contributed by atoms with van der Waals surface area (Å²) in [5.74, 6) is 0.973. The quantitative estimate of drug-likeness (QED) is 0.539. The van der Waals surface area contributed by atoms with Crippen LogP contribution in [-0.2, 0) is 6.54 Å². The first-order chi connectivity index (χ1) is 12.9. The first kappa shape index (κ1) is 16.9. The van der Waals surface area contributed by atoms with E-state index in [9.17, 15) is 0 Å². The molecule has 0 bridgehead atoms. The molecule has 27 heavy (non-hydrogen) atoms. The number of nitrogens with one attached hydrogen (secondary N) is 1. The molecule has 5 heteroatoms. The summed E-state index contributed by atoms with van der Waals surface area (Å²) in [4.78, 5) is 4.80. The number of likely N-dealkylation sites (N-methyl/N-ethyl adjacent to an activating group) is 1. The number of hydrogen-bond donors (Lipinski definition) is 1. The average molecular weight is 379 g/mol. The van der Waals surface area contributed by atoms with Gasteiger partial charge in [0, 0.05) is 20.9 Å². The number of ether oxygens (including phenoxy) is 1. The highest BCUT2D eigenvalue weighted by atomic mass is 32.2. The minimum Gasteiger partial charge on any atom is -0.483 e. The molecule has 3 heterocycles. The molecule has 0 aliphatic carbocycles. The van der Waals surface area contributed by atoms with Crippen molar-refractivity contribution in [3.05, 3.63) is 42.0 Å². The van der Waals surface area contributed by atoms with Gasteiger partial charge in [0.2, 0.25) is 5.52 Å². The maximum Gasteiger partial charge on any atom is 0.243 e. The molecule has 2 aliphatic heterocycles. The van der Waals surface area contributed by atoms with Crippen LogP contribution >= 0.6 is 11.8 Å². The van der Waals surface area contributed by atoms with Gasteiger partial charge in [0.05, 0.1) is 18.0 Å². The summed E-state index contributed by atoms with van der Waals surface area (Å²) in [5.41, 5.74) is 4.63.